The molecule has 0 aromatic carbocycles. The Morgan fingerprint density at radius 3 is 2.08 bits per heavy atom. The van der Waals surface area contributed by atoms with Crippen LogP contribution in [0, 0.1) is 5.41 Å². The highest BCUT2D eigenvalue weighted by Crippen LogP contribution is 2.33. The largest absolute Gasteiger partial charge is 0.396 e. The molecule has 0 aliphatic heterocycles. The molecule has 152 valence electrons. The third kappa shape index (κ3) is 8.35. The normalized spacial score (nSPS) is 21.8. The standard InChI is InChI=1S/C20H44N2O3/c1-8-11-12-20(10-3,14-23)15-24-18(6,9-2)13-16(4)25-19(7,22)17(5)21/h16-17,23H,8-15,21-22H2,1-7H3. The maximum atomic E-state index is 9.93. The average Bonchev–Trinajstić information content (AvgIpc) is 2.55. The molecule has 0 spiro atoms. The van der Waals surface area contributed by atoms with E-state index in [1.807, 2.05) is 20.8 Å². The summed E-state index contributed by atoms with van der Waals surface area (Å²) in [7, 11) is 0. The molecule has 5 heteroatoms. The van der Waals surface area contributed by atoms with Gasteiger partial charge in [-0.05, 0) is 47.0 Å². The van der Waals surface area contributed by atoms with Crippen LogP contribution in [0.1, 0.15) is 87.0 Å². The Bertz CT molecular complexity index is 357. The van der Waals surface area contributed by atoms with Crippen molar-refractivity contribution in [2.75, 3.05) is 13.2 Å². The fourth-order valence-electron chi connectivity index (χ4n) is 2.96. The molecule has 0 aliphatic carbocycles. The van der Waals surface area contributed by atoms with Crippen LogP contribution in [0.5, 0.6) is 0 Å². The molecular weight excluding hydrogens is 316 g/mol. The van der Waals surface area contributed by atoms with Gasteiger partial charge in [0, 0.05) is 17.9 Å². The van der Waals surface area contributed by atoms with E-state index < -0.39 is 5.72 Å². The van der Waals surface area contributed by atoms with Crippen LogP contribution in [0.15, 0.2) is 0 Å². The molecule has 0 amide bonds. The van der Waals surface area contributed by atoms with E-state index in [0.717, 1.165) is 38.5 Å². The van der Waals surface area contributed by atoms with Crippen molar-refractivity contribution in [1.82, 2.24) is 0 Å². The van der Waals surface area contributed by atoms with E-state index in [1.165, 1.54) is 0 Å². The van der Waals surface area contributed by atoms with Crippen LogP contribution >= 0.6 is 0 Å². The average molecular weight is 361 g/mol. The van der Waals surface area contributed by atoms with Gasteiger partial charge in [0.15, 0.2) is 0 Å². The first-order chi connectivity index (χ1) is 11.5. The number of aliphatic hydroxyl groups excluding tert-OH is 1. The summed E-state index contributed by atoms with van der Waals surface area (Å²) in [6, 6.07) is -0.250. The van der Waals surface area contributed by atoms with Gasteiger partial charge < -0.3 is 26.0 Å². The van der Waals surface area contributed by atoms with Gasteiger partial charge in [0.25, 0.3) is 0 Å². The van der Waals surface area contributed by atoms with Crippen molar-refractivity contribution in [3.8, 4) is 0 Å². The van der Waals surface area contributed by atoms with Crippen molar-refractivity contribution >= 4 is 0 Å². The number of hydrogen-bond acceptors (Lipinski definition) is 5. The van der Waals surface area contributed by atoms with Gasteiger partial charge >= 0.3 is 0 Å². The maximum absolute atomic E-state index is 9.93. The number of rotatable bonds is 14. The van der Waals surface area contributed by atoms with Gasteiger partial charge in [-0.1, -0.05) is 33.6 Å². The van der Waals surface area contributed by atoms with Crippen LogP contribution in [-0.2, 0) is 9.47 Å². The van der Waals surface area contributed by atoms with Crippen molar-refractivity contribution < 1.29 is 14.6 Å². The molecule has 0 rings (SSSR count). The monoisotopic (exact) mass is 360 g/mol. The van der Waals surface area contributed by atoms with E-state index in [0.29, 0.717) is 6.61 Å². The highest BCUT2D eigenvalue weighted by Gasteiger charge is 2.35. The van der Waals surface area contributed by atoms with Crippen molar-refractivity contribution in [3.63, 3.8) is 0 Å². The summed E-state index contributed by atoms with van der Waals surface area (Å²) in [5.74, 6) is 0. The van der Waals surface area contributed by atoms with E-state index in [9.17, 15) is 5.11 Å². The molecule has 5 N–H and O–H groups in total. The van der Waals surface area contributed by atoms with Crippen molar-refractivity contribution in [2.24, 2.45) is 16.9 Å². The summed E-state index contributed by atoms with van der Waals surface area (Å²) in [5, 5.41) is 9.93. The van der Waals surface area contributed by atoms with Crippen LogP contribution in [0.3, 0.4) is 0 Å². The van der Waals surface area contributed by atoms with Gasteiger partial charge in [0.1, 0.15) is 5.72 Å². The lowest BCUT2D eigenvalue weighted by molar-refractivity contribution is -0.141. The zero-order valence-corrected chi connectivity index (χ0v) is 17.7. The molecule has 0 heterocycles. The highest BCUT2D eigenvalue weighted by atomic mass is 16.5. The molecule has 0 saturated heterocycles. The summed E-state index contributed by atoms with van der Waals surface area (Å²) in [4.78, 5) is 0. The lowest BCUT2D eigenvalue weighted by Crippen LogP contribution is -2.55. The first kappa shape index (κ1) is 24.8. The second kappa shape index (κ2) is 10.8. The summed E-state index contributed by atoms with van der Waals surface area (Å²) >= 11 is 0. The summed E-state index contributed by atoms with van der Waals surface area (Å²) in [6.45, 7) is 15.0. The SMILES string of the molecule is CCCCC(CC)(CO)COC(C)(CC)CC(C)OC(C)(N)C(C)N. The Morgan fingerprint density at radius 1 is 1.08 bits per heavy atom. The van der Waals surface area contributed by atoms with E-state index >= 15 is 0 Å². The number of aliphatic hydroxyl groups is 1. The number of unbranched alkanes of at least 4 members (excludes halogenated alkanes) is 1. The lowest BCUT2D eigenvalue weighted by atomic mass is 9.81. The van der Waals surface area contributed by atoms with E-state index in [1.54, 1.807) is 0 Å². The Morgan fingerprint density at radius 2 is 1.68 bits per heavy atom. The molecule has 0 aromatic rings. The first-order valence-electron chi connectivity index (χ1n) is 9.97. The van der Waals surface area contributed by atoms with Crippen LogP contribution in [-0.4, -0.2) is 41.8 Å². The zero-order valence-electron chi connectivity index (χ0n) is 17.7. The predicted molar refractivity (Wildman–Crippen MR) is 105 cm³/mol. The van der Waals surface area contributed by atoms with Gasteiger partial charge in [-0.3, -0.25) is 0 Å². The van der Waals surface area contributed by atoms with E-state index in [4.69, 9.17) is 20.9 Å². The third-order valence-electron chi connectivity index (χ3n) is 5.70. The van der Waals surface area contributed by atoms with Gasteiger partial charge in [0.2, 0.25) is 0 Å². The van der Waals surface area contributed by atoms with Crippen LogP contribution in [0.4, 0.5) is 0 Å². The zero-order chi connectivity index (χ0) is 19.7. The topological polar surface area (TPSA) is 90.7 Å². The van der Waals surface area contributed by atoms with Crippen LogP contribution in [0.25, 0.3) is 0 Å². The molecule has 0 radical (unpaired) electrons. The molecule has 0 aliphatic rings. The van der Waals surface area contributed by atoms with Gasteiger partial charge in [-0.25, -0.2) is 0 Å². The summed E-state index contributed by atoms with van der Waals surface area (Å²) in [6.07, 6.45) is 5.70. The van der Waals surface area contributed by atoms with Crippen molar-refractivity contribution in [3.05, 3.63) is 0 Å². The molecular formula is C20H44N2O3. The minimum Gasteiger partial charge on any atom is -0.396 e. The van der Waals surface area contributed by atoms with E-state index in [2.05, 4.69) is 27.7 Å². The lowest BCUT2D eigenvalue weighted by Gasteiger charge is -2.39. The number of hydrogen-bond donors (Lipinski definition) is 3. The first-order valence-corrected chi connectivity index (χ1v) is 9.97. The second-order valence-electron chi connectivity index (χ2n) is 8.31. The third-order valence-corrected chi connectivity index (χ3v) is 5.70. The quantitative estimate of drug-likeness (QED) is 0.412. The van der Waals surface area contributed by atoms with Crippen LogP contribution < -0.4 is 11.5 Å². The number of nitrogens with two attached hydrogens (primary N) is 2. The molecule has 0 fully saturated rings. The smallest absolute Gasteiger partial charge is 0.129 e. The molecule has 0 aromatic heterocycles. The van der Waals surface area contributed by atoms with E-state index in [-0.39, 0.29) is 29.8 Å². The molecule has 0 saturated carbocycles. The van der Waals surface area contributed by atoms with Crippen LogP contribution in [0.2, 0.25) is 0 Å². The Hall–Kier alpha value is -0.200. The maximum Gasteiger partial charge on any atom is 0.129 e. The van der Waals surface area contributed by atoms with Gasteiger partial charge in [-0.15, -0.1) is 0 Å². The second-order valence-corrected chi connectivity index (χ2v) is 8.31. The summed E-state index contributed by atoms with van der Waals surface area (Å²) in [5.41, 5.74) is 10.7. The molecule has 5 atom stereocenters. The molecule has 0 bridgehead atoms. The van der Waals surface area contributed by atoms with Crippen molar-refractivity contribution in [2.45, 2.75) is 110 Å². The molecule has 5 nitrogen and oxygen atoms in total. The van der Waals surface area contributed by atoms with Gasteiger partial charge in [-0.2, -0.15) is 0 Å². The Balaban J connectivity index is 4.86. The number of ether oxygens (including phenoxy) is 2. The molecule has 25 heavy (non-hydrogen) atoms. The summed E-state index contributed by atoms with van der Waals surface area (Å²) < 4.78 is 12.3. The predicted octanol–water partition coefficient (Wildman–Crippen LogP) is 3.57. The fourth-order valence-corrected chi connectivity index (χ4v) is 2.96. The fraction of sp³-hybridized carbons (Fsp3) is 1.00. The highest BCUT2D eigenvalue weighted by molar-refractivity contribution is 4.84. The Labute approximate surface area is 155 Å². The van der Waals surface area contributed by atoms with Crippen molar-refractivity contribution in [1.29, 1.82) is 0 Å². The molecule has 5 unspecified atom stereocenters. The minimum atomic E-state index is -0.854. The van der Waals surface area contributed by atoms with Gasteiger partial charge in [0.05, 0.1) is 24.9 Å². The minimum absolute atomic E-state index is 0.0632. The Kier molecular flexibility index (Phi) is 10.7.